The van der Waals surface area contributed by atoms with Crippen LogP contribution in [0.15, 0.2) is 55.1 Å². The van der Waals surface area contributed by atoms with Gasteiger partial charge in [-0.25, -0.2) is 0 Å². The van der Waals surface area contributed by atoms with Crippen molar-refractivity contribution in [3.05, 3.63) is 83.1 Å². The first kappa shape index (κ1) is 30.7. The van der Waals surface area contributed by atoms with Gasteiger partial charge in [-0.05, 0) is 79.3 Å². The first-order valence-corrected chi connectivity index (χ1v) is 17.4. The lowest BCUT2D eigenvalue weighted by atomic mass is 9.78. The molecule has 1 spiro atoms. The van der Waals surface area contributed by atoms with Crippen molar-refractivity contribution in [3.63, 3.8) is 0 Å². The van der Waals surface area contributed by atoms with E-state index in [-0.39, 0.29) is 5.76 Å². The summed E-state index contributed by atoms with van der Waals surface area (Å²) in [5.41, 5.74) is 7.88. The Morgan fingerprint density at radius 2 is 1.73 bits per heavy atom. The average molecular weight is 594 g/mol. The lowest BCUT2D eigenvalue weighted by molar-refractivity contribution is -0.0209. The third kappa shape index (κ3) is 6.68. The number of aliphatic hydroxyl groups is 1. The standard InChI is InChI=1S/C34H39N3O2.C3H6.C2H6/c1-3-6-31-30-19-25(22(2)38)13-14-32(30)39-34(36-31)15-17-37(18-16-34)21-26-20-29(23-7-4-8-23)28-10-5-9-27(24-11-12-24)33(28)35-26;1-2-3-1;1-2/h5-6,9-10,13-14,19-20,23-24,36,38H,2-4,7-8,11-12,15-18,21H2,1H3;1-3H2;1-2H3/b31-6+;;. The van der Waals surface area contributed by atoms with Crippen LogP contribution in [0.2, 0.25) is 0 Å². The molecule has 5 heteroatoms. The van der Waals surface area contributed by atoms with Gasteiger partial charge >= 0.3 is 0 Å². The van der Waals surface area contributed by atoms with E-state index in [2.05, 4.69) is 54.1 Å². The van der Waals surface area contributed by atoms with Gasteiger partial charge in [0.05, 0.1) is 11.2 Å². The van der Waals surface area contributed by atoms with E-state index in [9.17, 15) is 5.11 Å². The molecule has 1 aromatic heterocycles. The van der Waals surface area contributed by atoms with Crippen molar-refractivity contribution >= 4 is 22.4 Å². The minimum absolute atomic E-state index is 0.0780. The molecule has 5 nitrogen and oxygen atoms in total. The molecule has 0 radical (unpaired) electrons. The van der Waals surface area contributed by atoms with Gasteiger partial charge in [0.15, 0.2) is 5.72 Å². The fourth-order valence-electron chi connectivity index (χ4n) is 6.67. The zero-order valence-corrected chi connectivity index (χ0v) is 27.1. The van der Waals surface area contributed by atoms with E-state index in [0.717, 1.165) is 61.5 Å². The van der Waals surface area contributed by atoms with E-state index in [1.807, 2.05) is 32.0 Å². The number of ether oxygens (including phenoxy) is 1. The van der Waals surface area contributed by atoms with E-state index in [1.54, 1.807) is 0 Å². The highest BCUT2D eigenvalue weighted by Crippen LogP contribution is 2.46. The van der Waals surface area contributed by atoms with Crippen LogP contribution < -0.4 is 10.1 Å². The molecule has 1 saturated heterocycles. The summed E-state index contributed by atoms with van der Waals surface area (Å²) in [6.07, 6.45) is 16.0. The first-order chi connectivity index (χ1) is 21.5. The average Bonchev–Trinajstić information content (AvgIpc) is 3.92. The number of hydrogen-bond acceptors (Lipinski definition) is 5. The van der Waals surface area contributed by atoms with Gasteiger partial charge in [0, 0.05) is 54.7 Å². The summed E-state index contributed by atoms with van der Waals surface area (Å²) < 4.78 is 6.64. The monoisotopic (exact) mass is 593 g/mol. The fraction of sp³-hybridized carbons (Fsp3) is 0.513. The molecule has 3 heterocycles. The maximum Gasteiger partial charge on any atom is 0.183 e. The number of aliphatic hydroxyl groups excluding tert-OH is 1. The molecular weight excluding hydrogens is 542 g/mol. The molecule has 0 unspecified atom stereocenters. The Kier molecular flexibility index (Phi) is 9.32. The van der Waals surface area contributed by atoms with E-state index < -0.39 is 5.72 Å². The topological polar surface area (TPSA) is 57.6 Å². The van der Waals surface area contributed by atoms with Crippen LogP contribution in [0.1, 0.15) is 131 Å². The smallest absolute Gasteiger partial charge is 0.183 e. The van der Waals surface area contributed by atoms with Crippen LogP contribution in [-0.4, -0.2) is 33.8 Å². The van der Waals surface area contributed by atoms with Crippen LogP contribution >= 0.6 is 0 Å². The number of fused-ring (bicyclic) bond motifs is 2. The molecule has 0 atom stereocenters. The highest BCUT2D eigenvalue weighted by Gasteiger charge is 2.41. The van der Waals surface area contributed by atoms with Gasteiger partial charge in [-0.2, -0.15) is 0 Å². The number of aromatic nitrogens is 1. The van der Waals surface area contributed by atoms with E-state index in [1.165, 1.54) is 79.1 Å². The van der Waals surface area contributed by atoms with Gasteiger partial charge < -0.3 is 15.2 Å². The van der Waals surface area contributed by atoms with Gasteiger partial charge in [0.25, 0.3) is 0 Å². The minimum Gasteiger partial charge on any atom is -0.508 e. The van der Waals surface area contributed by atoms with Crippen molar-refractivity contribution in [3.8, 4) is 5.75 Å². The minimum atomic E-state index is -0.407. The summed E-state index contributed by atoms with van der Waals surface area (Å²) in [5, 5.41) is 15.1. The Hall–Kier alpha value is -3.31. The van der Waals surface area contributed by atoms with Crippen LogP contribution in [0, 0.1) is 0 Å². The number of allylic oxidation sites excluding steroid dienone is 1. The largest absolute Gasteiger partial charge is 0.508 e. The fourth-order valence-corrected chi connectivity index (χ4v) is 6.67. The Morgan fingerprint density at radius 3 is 2.34 bits per heavy atom. The Balaban J connectivity index is 0.000000637. The number of benzene rings is 2. The molecule has 3 aliphatic carbocycles. The number of pyridine rings is 1. The zero-order valence-electron chi connectivity index (χ0n) is 27.1. The van der Waals surface area contributed by atoms with Crippen LogP contribution in [0.5, 0.6) is 5.75 Å². The zero-order chi connectivity index (χ0) is 30.7. The molecule has 3 aromatic rings. The van der Waals surface area contributed by atoms with Crippen LogP contribution in [-0.2, 0) is 6.54 Å². The molecule has 4 fully saturated rings. The van der Waals surface area contributed by atoms with Crippen LogP contribution in [0.3, 0.4) is 0 Å². The van der Waals surface area contributed by atoms with Crippen molar-refractivity contribution in [1.82, 2.24) is 15.2 Å². The summed E-state index contributed by atoms with van der Waals surface area (Å²) in [7, 11) is 0. The molecule has 0 bridgehead atoms. The summed E-state index contributed by atoms with van der Waals surface area (Å²) in [4.78, 5) is 7.85. The highest BCUT2D eigenvalue weighted by molar-refractivity contribution is 5.86. The first-order valence-electron chi connectivity index (χ1n) is 17.4. The quantitative estimate of drug-likeness (QED) is 0.279. The van der Waals surface area contributed by atoms with Gasteiger partial charge in [0.2, 0.25) is 0 Å². The van der Waals surface area contributed by atoms with Gasteiger partial charge in [-0.15, -0.1) is 0 Å². The van der Waals surface area contributed by atoms with Crippen molar-refractivity contribution < 1.29 is 9.84 Å². The lowest BCUT2D eigenvalue weighted by Crippen LogP contribution is -2.58. The predicted molar refractivity (Wildman–Crippen MR) is 183 cm³/mol. The number of piperidine rings is 1. The molecule has 0 amide bonds. The highest BCUT2D eigenvalue weighted by atomic mass is 16.5. The van der Waals surface area contributed by atoms with E-state index in [4.69, 9.17) is 9.72 Å². The lowest BCUT2D eigenvalue weighted by Gasteiger charge is -2.46. The van der Waals surface area contributed by atoms with Crippen LogP contribution in [0.4, 0.5) is 0 Å². The third-order valence-corrected chi connectivity index (χ3v) is 9.60. The van der Waals surface area contributed by atoms with E-state index in [0.29, 0.717) is 11.8 Å². The second-order valence-electron chi connectivity index (χ2n) is 13.1. The molecule has 234 valence electrons. The van der Waals surface area contributed by atoms with E-state index >= 15 is 0 Å². The molecule has 2 N–H and O–H groups in total. The van der Waals surface area contributed by atoms with Gasteiger partial charge in [-0.1, -0.05) is 77.3 Å². The predicted octanol–water partition coefficient (Wildman–Crippen LogP) is 9.83. The van der Waals surface area contributed by atoms with Gasteiger partial charge in [0.1, 0.15) is 11.5 Å². The molecule has 5 aliphatic rings. The van der Waals surface area contributed by atoms with Crippen molar-refractivity contribution in [1.29, 1.82) is 0 Å². The Morgan fingerprint density at radius 1 is 1.00 bits per heavy atom. The molecule has 3 saturated carbocycles. The second-order valence-corrected chi connectivity index (χ2v) is 13.1. The number of rotatable bonds is 6. The summed E-state index contributed by atoms with van der Waals surface area (Å²) >= 11 is 0. The molecule has 8 rings (SSSR count). The maximum atomic E-state index is 9.92. The van der Waals surface area contributed by atoms with Gasteiger partial charge in [-0.3, -0.25) is 9.88 Å². The normalized spacial score (nSPS) is 21.1. The number of nitrogens with one attached hydrogen (secondary N) is 1. The maximum absolute atomic E-state index is 9.92. The third-order valence-electron chi connectivity index (χ3n) is 9.60. The molecule has 44 heavy (non-hydrogen) atoms. The summed E-state index contributed by atoms with van der Waals surface area (Å²) in [5.74, 6) is 2.35. The number of likely N-dealkylation sites (tertiary alicyclic amines) is 1. The number of nitrogens with zero attached hydrogens (tertiary/aromatic N) is 2. The number of para-hydroxylation sites is 1. The number of hydrogen-bond donors (Lipinski definition) is 2. The Labute approximate surface area is 264 Å². The van der Waals surface area contributed by atoms with Crippen molar-refractivity contribution in [2.24, 2.45) is 0 Å². The molecular formula is C39H51N3O2. The Bertz CT molecular complexity index is 1500. The second kappa shape index (κ2) is 13.4. The summed E-state index contributed by atoms with van der Waals surface area (Å²) in [6, 6.07) is 15.1. The van der Waals surface area contributed by atoms with Crippen molar-refractivity contribution in [2.45, 2.75) is 116 Å². The molecule has 2 aromatic carbocycles. The van der Waals surface area contributed by atoms with Crippen LogP contribution in [0.25, 0.3) is 22.4 Å². The SMILES string of the molecule is C1CC1.C=C(O)c1ccc2c(c1)/C(=C\CC)NC1(CCN(Cc3cc(C4CCC4)c4cccc(C5CC5)c4n3)CC1)O2.CC. The molecule has 2 aliphatic heterocycles. The summed E-state index contributed by atoms with van der Waals surface area (Å²) in [6.45, 7) is 12.6. The van der Waals surface area contributed by atoms with Crippen molar-refractivity contribution in [2.75, 3.05) is 13.1 Å².